The van der Waals surface area contributed by atoms with E-state index >= 15 is 0 Å². The van der Waals surface area contributed by atoms with Crippen molar-refractivity contribution in [3.05, 3.63) is 47.1 Å². The molecule has 1 heterocycles. The highest BCUT2D eigenvalue weighted by Gasteiger charge is 2.28. The van der Waals surface area contributed by atoms with E-state index in [9.17, 15) is 0 Å². The van der Waals surface area contributed by atoms with Gasteiger partial charge in [0.05, 0.1) is 6.54 Å². The Balaban J connectivity index is 1.63. The summed E-state index contributed by atoms with van der Waals surface area (Å²) in [5.41, 5.74) is 2.63. The first kappa shape index (κ1) is 13.3. The van der Waals surface area contributed by atoms with Crippen molar-refractivity contribution >= 4 is 0 Å². The van der Waals surface area contributed by atoms with Crippen LogP contribution in [0.5, 0.6) is 0 Å². The van der Waals surface area contributed by atoms with Crippen LogP contribution in [-0.4, -0.2) is 21.6 Å². The maximum atomic E-state index is 5.36. The lowest BCUT2D eigenvalue weighted by Crippen LogP contribution is -2.22. The highest BCUT2D eigenvalue weighted by atomic mass is 16.5. The lowest BCUT2D eigenvalue weighted by Gasteiger charge is -2.18. The minimum absolute atomic E-state index is 0.555. The van der Waals surface area contributed by atoms with Crippen LogP contribution in [-0.2, 0) is 13.1 Å². The van der Waals surface area contributed by atoms with Crippen molar-refractivity contribution in [3.8, 4) is 0 Å². The molecule has 0 saturated heterocycles. The van der Waals surface area contributed by atoms with E-state index in [1.807, 2.05) is 0 Å². The van der Waals surface area contributed by atoms with E-state index in [1.165, 1.54) is 24.0 Å². The largest absolute Gasteiger partial charge is 0.338 e. The Hall–Kier alpha value is -1.68. The van der Waals surface area contributed by atoms with Crippen LogP contribution < -0.4 is 0 Å². The van der Waals surface area contributed by atoms with Crippen LogP contribution in [0.3, 0.4) is 0 Å². The maximum Gasteiger partial charge on any atom is 0.240 e. The van der Waals surface area contributed by atoms with Crippen molar-refractivity contribution < 1.29 is 4.52 Å². The third-order valence-electron chi connectivity index (χ3n) is 3.72. The molecule has 0 bridgehead atoms. The van der Waals surface area contributed by atoms with Crippen molar-refractivity contribution in [2.24, 2.45) is 0 Å². The minimum atomic E-state index is 0.555. The average Bonchev–Trinajstić information content (AvgIpc) is 3.19. The third-order valence-corrected chi connectivity index (χ3v) is 3.72. The number of hydrogen-bond acceptors (Lipinski definition) is 4. The van der Waals surface area contributed by atoms with Crippen molar-refractivity contribution in [2.45, 2.75) is 45.7 Å². The average molecular weight is 271 g/mol. The zero-order valence-electron chi connectivity index (χ0n) is 12.2. The van der Waals surface area contributed by atoms with Crippen LogP contribution in [0.15, 0.2) is 28.8 Å². The Morgan fingerprint density at radius 3 is 2.85 bits per heavy atom. The van der Waals surface area contributed by atoms with Crippen LogP contribution in [0.1, 0.15) is 48.5 Å². The fraction of sp³-hybridized carbons (Fsp3) is 0.500. The van der Waals surface area contributed by atoms with Gasteiger partial charge in [-0.25, -0.2) is 0 Å². The number of nitrogens with zero attached hydrogens (tertiary/aromatic N) is 3. The van der Waals surface area contributed by atoms with Gasteiger partial charge in [0.25, 0.3) is 0 Å². The van der Waals surface area contributed by atoms with Crippen LogP contribution in [0, 0.1) is 6.92 Å². The van der Waals surface area contributed by atoms with Gasteiger partial charge in [-0.1, -0.05) is 41.9 Å². The van der Waals surface area contributed by atoms with Crippen LogP contribution >= 0.6 is 0 Å². The van der Waals surface area contributed by atoms with Crippen molar-refractivity contribution in [1.29, 1.82) is 0 Å². The number of aryl methyl sites for hydroxylation is 1. The number of aromatic nitrogens is 2. The van der Waals surface area contributed by atoms with Gasteiger partial charge in [0.2, 0.25) is 5.89 Å². The molecule has 4 heteroatoms. The van der Waals surface area contributed by atoms with Gasteiger partial charge in [-0.15, -0.1) is 0 Å². The van der Waals surface area contributed by atoms with Crippen LogP contribution in [0.25, 0.3) is 0 Å². The molecule has 20 heavy (non-hydrogen) atoms. The molecule has 0 radical (unpaired) electrons. The molecule has 1 aromatic heterocycles. The van der Waals surface area contributed by atoms with Gasteiger partial charge in [-0.05, 0) is 31.9 Å². The van der Waals surface area contributed by atoms with Gasteiger partial charge in [0.15, 0.2) is 5.82 Å². The molecular weight excluding hydrogens is 250 g/mol. The second kappa shape index (κ2) is 5.75. The van der Waals surface area contributed by atoms with Gasteiger partial charge in [0.1, 0.15) is 0 Å². The molecule has 106 valence electrons. The molecule has 0 N–H and O–H groups in total. The summed E-state index contributed by atoms with van der Waals surface area (Å²) < 4.78 is 5.36. The lowest BCUT2D eigenvalue weighted by atomic mass is 10.1. The van der Waals surface area contributed by atoms with Crippen molar-refractivity contribution in [1.82, 2.24) is 15.0 Å². The van der Waals surface area contributed by atoms with Gasteiger partial charge in [-0.2, -0.15) is 4.98 Å². The van der Waals surface area contributed by atoms with Crippen LogP contribution in [0.2, 0.25) is 0 Å². The summed E-state index contributed by atoms with van der Waals surface area (Å²) in [7, 11) is 0. The molecule has 0 atom stereocenters. The Bertz CT molecular complexity index is 575. The topological polar surface area (TPSA) is 42.2 Å². The molecule has 0 unspecified atom stereocenters. The van der Waals surface area contributed by atoms with E-state index in [4.69, 9.17) is 4.52 Å². The highest BCUT2D eigenvalue weighted by molar-refractivity contribution is 5.22. The second-order valence-electron chi connectivity index (χ2n) is 5.61. The molecular formula is C16H21N3O. The minimum Gasteiger partial charge on any atom is -0.338 e. The van der Waals surface area contributed by atoms with E-state index in [-0.39, 0.29) is 0 Å². The molecule has 4 nitrogen and oxygen atoms in total. The Morgan fingerprint density at radius 2 is 2.15 bits per heavy atom. The standard InChI is InChI=1S/C16H21N3O/c1-3-19(10-13-6-4-5-12(2)9-13)11-15-17-16(18-20-15)14-7-8-14/h4-6,9,14H,3,7-8,10-11H2,1-2H3. The fourth-order valence-electron chi connectivity index (χ4n) is 2.38. The quantitative estimate of drug-likeness (QED) is 0.808. The van der Waals surface area contributed by atoms with E-state index in [0.29, 0.717) is 5.92 Å². The highest BCUT2D eigenvalue weighted by Crippen LogP contribution is 2.38. The first-order valence-corrected chi connectivity index (χ1v) is 7.35. The third kappa shape index (κ3) is 3.25. The van der Waals surface area contributed by atoms with E-state index in [0.717, 1.165) is 31.3 Å². The first-order chi connectivity index (χ1) is 9.74. The molecule has 2 aromatic rings. The number of rotatable bonds is 6. The van der Waals surface area contributed by atoms with Gasteiger partial charge >= 0.3 is 0 Å². The summed E-state index contributed by atoms with van der Waals surface area (Å²) in [4.78, 5) is 6.82. The predicted octanol–water partition coefficient (Wildman–Crippen LogP) is 3.28. The second-order valence-corrected chi connectivity index (χ2v) is 5.61. The Labute approximate surface area is 119 Å². The van der Waals surface area contributed by atoms with Gasteiger partial charge < -0.3 is 4.52 Å². The van der Waals surface area contributed by atoms with E-state index in [1.54, 1.807) is 0 Å². The number of benzene rings is 1. The monoisotopic (exact) mass is 271 g/mol. The molecule has 1 fully saturated rings. The first-order valence-electron chi connectivity index (χ1n) is 7.35. The molecule has 0 spiro atoms. The van der Waals surface area contributed by atoms with E-state index < -0.39 is 0 Å². The zero-order valence-corrected chi connectivity index (χ0v) is 12.2. The Kier molecular flexibility index (Phi) is 3.83. The van der Waals surface area contributed by atoms with E-state index in [2.05, 4.69) is 53.2 Å². The fourth-order valence-corrected chi connectivity index (χ4v) is 2.38. The van der Waals surface area contributed by atoms with Gasteiger partial charge in [-0.3, -0.25) is 4.90 Å². The van der Waals surface area contributed by atoms with Crippen LogP contribution in [0.4, 0.5) is 0 Å². The molecule has 1 aliphatic rings. The normalized spacial score (nSPS) is 14.9. The number of hydrogen-bond donors (Lipinski definition) is 0. The molecule has 0 aliphatic heterocycles. The Morgan fingerprint density at radius 1 is 1.30 bits per heavy atom. The summed E-state index contributed by atoms with van der Waals surface area (Å²) in [5, 5.41) is 4.07. The van der Waals surface area contributed by atoms with Crippen molar-refractivity contribution in [2.75, 3.05) is 6.54 Å². The summed E-state index contributed by atoms with van der Waals surface area (Å²) in [6.45, 7) is 6.90. The smallest absolute Gasteiger partial charge is 0.240 e. The lowest BCUT2D eigenvalue weighted by molar-refractivity contribution is 0.228. The predicted molar refractivity (Wildman–Crippen MR) is 77.2 cm³/mol. The molecule has 1 aromatic carbocycles. The summed E-state index contributed by atoms with van der Waals surface area (Å²) in [6.07, 6.45) is 2.42. The zero-order chi connectivity index (χ0) is 13.9. The molecule has 3 rings (SSSR count). The SMILES string of the molecule is CCN(Cc1cccc(C)c1)Cc1nc(C2CC2)no1. The maximum absolute atomic E-state index is 5.36. The molecule has 1 aliphatic carbocycles. The summed E-state index contributed by atoms with van der Waals surface area (Å²) in [5.74, 6) is 2.19. The molecule has 1 saturated carbocycles. The summed E-state index contributed by atoms with van der Waals surface area (Å²) in [6, 6.07) is 8.63. The molecule has 0 amide bonds. The summed E-state index contributed by atoms with van der Waals surface area (Å²) >= 11 is 0. The van der Waals surface area contributed by atoms with Gasteiger partial charge in [0, 0.05) is 12.5 Å². The van der Waals surface area contributed by atoms with Crippen molar-refractivity contribution in [3.63, 3.8) is 0 Å².